The second-order valence-corrected chi connectivity index (χ2v) is 2.55. The van der Waals surface area contributed by atoms with Gasteiger partial charge in [0, 0.05) is 7.11 Å². The zero-order valence-corrected chi connectivity index (χ0v) is 6.46. The Morgan fingerprint density at radius 2 is 2.60 bits per heavy atom. The van der Waals surface area contributed by atoms with Crippen molar-refractivity contribution in [3.05, 3.63) is 0 Å². The fourth-order valence-corrected chi connectivity index (χ4v) is 0.932. The molecule has 0 aromatic heterocycles. The summed E-state index contributed by atoms with van der Waals surface area (Å²) in [4.78, 5) is 5.09. The number of methoxy groups -OCH3 is 1. The van der Waals surface area contributed by atoms with Crippen LogP contribution < -0.4 is 0 Å². The fourth-order valence-electron chi connectivity index (χ4n) is 0.932. The molecule has 0 aromatic carbocycles. The SMILES string of the molecule is COCC1CCC(C)=NO1. The highest BCUT2D eigenvalue weighted by Crippen LogP contribution is 2.10. The molecule has 3 nitrogen and oxygen atoms in total. The van der Waals surface area contributed by atoms with Crippen molar-refractivity contribution in [1.82, 2.24) is 0 Å². The first-order valence-corrected chi connectivity index (χ1v) is 3.51. The lowest BCUT2D eigenvalue weighted by Crippen LogP contribution is -2.21. The number of nitrogens with zero attached hydrogens (tertiary/aromatic N) is 1. The van der Waals surface area contributed by atoms with Crippen molar-refractivity contribution in [2.45, 2.75) is 25.9 Å². The predicted octanol–water partition coefficient (Wildman–Crippen LogP) is 1.19. The summed E-state index contributed by atoms with van der Waals surface area (Å²) < 4.78 is 4.92. The van der Waals surface area contributed by atoms with Gasteiger partial charge in [-0.2, -0.15) is 0 Å². The van der Waals surface area contributed by atoms with E-state index in [0.717, 1.165) is 18.6 Å². The minimum atomic E-state index is 0.175. The van der Waals surface area contributed by atoms with Crippen LogP contribution in [0.2, 0.25) is 0 Å². The van der Waals surface area contributed by atoms with Gasteiger partial charge in [0.25, 0.3) is 0 Å². The first-order chi connectivity index (χ1) is 4.83. The molecule has 58 valence electrons. The van der Waals surface area contributed by atoms with Gasteiger partial charge in [0.2, 0.25) is 0 Å². The molecule has 0 saturated heterocycles. The number of hydrogen-bond acceptors (Lipinski definition) is 3. The van der Waals surface area contributed by atoms with Gasteiger partial charge in [-0.15, -0.1) is 0 Å². The van der Waals surface area contributed by atoms with Gasteiger partial charge in [0.05, 0.1) is 12.3 Å². The summed E-state index contributed by atoms with van der Waals surface area (Å²) in [7, 11) is 1.68. The zero-order valence-electron chi connectivity index (χ0n) is 6.46. The maximum atomic E-state index is 5.09. The Labute approximate surface area is 61.0 Å². The summed E-state index contributed by atoms with van der Waals surface area (Å²) in [5.74, 6) is 0. The van der Waals surface area contributed by atoms with Crippen LogP contribution in [0, 0.1) is 0 Å². The summed E-state index contributed by atoms with van der Waals surface area (Å²) >= 11 is 0. The molecule has 0 N–H and O–H groups in total. The van der Waals surface area contributed by atoms with Crippen LogP contribution in [0.25, 0.3) is 0 Å². The molecular formula is C7H13NO2. The molecule has 0 saturated carbocycles. The van der Waals surface area contributed by atoms with Gasteiger partial charge in [-0.05, 0) is 19.8 Å². The van der Waals surface area contributed by atoms with Gasteiger partial charge in [-0.1, -0.05) is 5.16 Å². The Morgan fingerprint density at radius 1 is 1.80 bits per heavy atom. The molecule has 0 aliphatic carbocycles. The number of oxime groups is 1. The van der Waals surface area contributed by atoms with Gasteiger partial charge >= 0.3 is 0 Å². The molecule has 0 aromatic rings. The van der Waals surface area contributed by atoms with E-state index in [2.05, 4.69) is 5.16 Å². The highest BCUT2D eigenvalue weighted by molar-refractivity contribution is 5.81. The van der Waals surface area contributed by atoms with Gasteiger partial charge in [0.15, 0.2) is 6.10 Å². The lowest BCUT2D eigenvalue weighted by Gasteiger charge is -2.18. The van der Waals surface area contributed by atoms with Crippen LogP contribution in [0.4, 0.5) is 0 Å². The normalized spacial score (nSPS) is 25.4. The van der Waals surface area contributed by atoms with E-state index in [9.17, 15) is 0 Å². The van der Waals surface area contributed by atoms with Gasteiger partial charge < -0.3 is 9.57 Å². The molecule has 0 spiro atoms. The maximum absolute atomic E-state index is 5.09. The molecule has 1 aliphatic heterocycles. The predicted molar refractivity (Wildman–Crippen MR) is 39.1 cm³/mol. The molecule has 0 fully saturated rings. The molecule has 1 aliphatic rings. The quantitative estimate of drug-likeness (QED) is 0.581. The lowest BCUT2D eigenvalue weighted by molar-refractivity contribution is -0.0101. The maximum Gasteiger partial charge on any atom is 0.151 e. The number of ether oxygens (including phenoxy) is 1. The summed E-state index contributed by atoms with van der Waals surface area (Å²) in [5.41, 5.74) is 1.08. The van der Waals surface area contributed by atoms with Crippen LogP contribution in [-0.4, -0.2) is 25.5 Å². The van der Waals surface area contributed by atoms with Crippen LogP contribution in [0.15, 0.2) is 5.16 Å². The van der Waals surface area contributed by atoms with E-state index in [-0.39, 0.29) is 6.10 Å². The van der Waals surface area contributed by atoms with E-state index >= 15 is 0 Å². The van der Waals surface area contributed by atoms with E-state index in [0.29, 0.717) is 6.61 Å². The molecule has 1 atom stereocenters. The third kappa shape index (κ3) is 1.99. The Bertz CT molecular complexity index is 134. The second-order valence-electron chi connectivity index (χ2n) is 2.55. The molecule has 1 rings (SSSR count). The standard InChI is InChI=1S/C7H13NO2/c1-6-3-4-7(5-9-2)10-8-6/h7H,3-5H2,1-2H3. The van der Waals surface area contributed by atoms with Crippen LogP contribution in [0.3, 0.4) is 0 Å². The Morgan fingerprint density at radius 3 is 3.10 bits per heavy atom. The molecular weight excluding hydrogens is 130 g/mol. The average Bonchev–Trinajstić information content (AvgIpc) is 1.95. The molecule has 0 radical (unpaired) electrons. The summed E-state index contributed by atoms with van der Waals surface area (Å²) in [6.45, 7) is 2.62. The first-order valence-electron chi connectivity index (χ1n) is 3.51. The molecule has 1 unspecified atom stereocenters. The Hall–Kier alpha value is -0.570. The molecule has 0 amide bonds. The van der Waals surface area contributed by atoms with Crippen molar-refractivity contribution < 1.29 is 9.57 Å². The van der Waals surface area contributed by atoms with Gasteiger partial charge in [-0.25, -0.2) is 0 Å². The second kappa shape index (κ2) is 3.56. The van der Waals surface area contributed by atoms with Crippen LogP contribution in [-0.2, 0) is 9.57 Å². The third-order valence-corrected chi connectivity index (χ3v) is 1.54. The van der Waals surface area contributed by atoms with Crippen molar-refractivity contribution in [3.8, 4) is 0 Å². The van der Waals surface area contributed by atoms with Crippen LogP contribution in [0.1, 0.15) is 19.8 Å². The van der Waals surface area contributed by atoms with E-state index < -0.39 is 0 Å². The van der Waals surface area contributed by atoms with Crippen molar-refractivity contribution in [2.24, 2.45) is 5.16 Å². The van der Waals surface area contributed by atoms with Crippen LogP contribution in [0.5, 0.6) is 0 Å². The van der Waals surface area contributed by atoms with Gasteiger partial charge in [-0.3, -0.25) is 0 Å². The van der Waals surface area contributed by atoms with E-state index in [1.807, 2.05) is 6.92 Å². The third-order valence-electron chi connectivity index (χ3n) is 1.54. The van der Waals surface area contributed by atoms with E-state index in [1.165, 1.54) is 0 Å². The van der Waals surface area contributed by atoms with Crippen LogP contribution >= 0.6 is 0 Å². The Balaban J connectivity index is 2.27. The number of hydrogen-bond donors (Lipinski definition) is 0. The number of rotatable bonds is 2. The monoisotopic (exact) mass is 143 g/mol. The Kier molecular flexibility index (Phi) is 2.68. The van der Waals surface area contributed by atoms with E-state index in [4.69, 9.17) is 9.57 Å². The summed E-state index contributed by atoms with van der Waals surface area (Å²) in [5, 5.41) is 3.87. The molecule has 3 heteroatoms. The highest BCUT2D eigenvalue weighted by Gasteiger charge is 2.14. The van der Waals surface area contributed by atoms with Gasteiger partial charge in [0.1, 0.15) is 0 Å². The molecule has 0 bridgehead atoms. The molecule has 10 heavy (non-hydrogen) atoms. The summed E-state index contributed by atoms with van der Waals surface area (Å²) in [6.07, 6.45) is 2.24. The minimum Gasteiger partial charge on any atom is -0.390 e. The first kappa shape index (κ1) is 7.54. The highest BCUT2D eigenvalue weighted by atomic mass is 16.6. The minimum absolute atomic E-state index is 0.175. The zero-order chi connectivity index (χ0) is 7.40. The average molecular weight is 143 g/mol. The van der Waals surface area contributed by atoms with Crippen molar-refractivity contribution in [2.75, 3.05) is 13.7 Å². The fraction of sp³-hybridized carbons (Fsp3) is 0.857. The van der Waals surface area contributed by atoms with Crippen molar-refractivity contribution in [3.63, 3.8) is 0 Å². The lowest BCUT2D eigenvalue weighted by atomic mass is 10.1. The van der Waals surface area contributed by atoms with E-state index in [1.54, 1.807) is 7.11 Å². The topological polar surface area (TPSA) is 30.8 Å². The largest absolute Gasteiger partial charge is 0.390 e. The summed E-state index contributed by atoms with van der Waals surface area (Å²) in [6, 6.07) is 0. The van der Waals surface area contributed by atoms with Crippen molar-refractivity contribution >= 4 is 5.71 Å². The van der Waals surface area contributed by atoms with Crippen molar-refractivity contribution in [1.29, 1.82) is 0 Å². The molecule has 1 heterocycles. The smallest absolute Gasteiger partial charge is 0.151 e.